The molecule has 0 unspecified atom stereocenters. The molecule has 0 aliphatic heterocycles. The molecule has 1 aromatic rings. The third-order valence-electron chi connectivity index (χ3n) is 1.56. The minimum Gasteiger partial charge on any atom is -0.147 e. The molecule has 0 aliphatic rings. The van der Waals surface area contributed by atoms with E-state index in [4.69, 9.17) is 4.74 Å². The molecule has 0 bridgehead atoms. The van der Waals surface area contributed by atoms with Gasteiger partial charge in [-0.3, -0.25) is 0 Å². The molecule has 1 nitrogen and oxygen atoms in total. The van der Waals surface area contributed by atoms with E-state index < -0.39 is 15.2 Å². The standard InChI is InChI=1S/C8H9O.BrH.ClH.Zn/c1-7-5-3-4-6-8(7)9-2;;;/h3-6H,1H2,2H3;2*1H;/q;;;+1/p-1. The predicted octanol–water partition coefficient (Wildman–Crippen LogP) is 3.01. The van der Waals surface area contributed by atoms with Gasteiger partial charge in [0, 0.05) is 0 Å². The topological polar surface area (TPSA) is 9.23 Å². The SMILES string of the molecule is COc1ccccc1[CH2][Zn][Br].Cl. The minimum absolute atomic E-state index is 0. The summed E-state index contributed by atoms with van der Waals surface area (Å²) in [5.41, 5.74) is 1.34. The van der Waals surface area contributed by atoms with Crippen molar-refractivity contribution in [2.75, 3.05) is 7.11 Å². The third kappa shape index (κ3) is 3.43. The molecule has 64 valence electrons. The molecule has 0 spiro atoms. The number of benzene rings is 1. The number of rotatable bonds is 3. The number of ether oxygens (including phenoxy) is 1. The Morgan fingerprint density at radius 2 is 2.08 bits per heavy atom. The van der Waals surface area contributed by atoms with Crippen LogP contribution in [0.3, 0.4) is 0 Å². The fourth-order valence-electron chi connectivity index (χ4n) is 1.01. The van der Waals surface area contributed by atoms with Crippen molar-refractivity contribution < 1.29 is 19.9 Å². The van der Waals surface area contributed by atoms with Gasteiger partial charge in [0.1, 0.15) is 0 Å². The van der Waals surface area contributed by atoms with Crippen molar-refractivity contribution in [1.29, 1.82) is 0 Å². The minimum atomic E-state index is -0.454. The smallest absolute Gasteiger partial charge is 0.147 e. The Morgan fingerprint density at radius 1 is 1.42 bits per heavy atom. The molecular formula is C8H10BrClOZn. The van der Waals surface area contributed by atoms with Gasteiger partial charge in [0.15, 0.2) is 0 Å². The Balaban J connectivity index is 0.00000121. The van der Waals surface area contributed by atoms with Gasteiger partial charge in [-0.25, -0.2) is 0 Å². The number of hydrogen-bond donors (Lipinski definition) is 0. The molecule has 1 rings (SSSR count). The van der Waals surface area contributed by atoms with E-state index in [-0.39, 0.29) is 12.4 Å². The van der Waals surface area contributed by atoms with Crippen LogP contribution in [0.5, 0.6) is 5.75 Å². The van der Waals surface area contributed by atoms with Crippen LogP contribution in [0.15, 0.2) is 24.3 Å². The Labute approximate surface area is 93.2 Å². The van der Waals surface area contributed by atoms with Crippen molar-refractivity contribution in [1.82, 2.24) is 0 Å². The zero-order valence-corrected chi connectivity index (χ0v) is 12.3. The van der Waals surface area contributed by atoms with E-state index in [1.54, 1.807) is 7.11 Å². The molecule has 1 aromatic carbocycles. The number of para-hydroxylation sites is 1. The van der Waals surface area contributed by atoms with E-state index >= 15 is 0 Å². The zero-order valence-electron chi connectivity index (χ0n) is 6.92. The Bertz CT molecular complexity index is 232. The van der Waals surface area contributed by atoms with Crippen LogP contribution >= 0.6 is 26.0 Å². The normalized spacial score (nSPS) is 8.17. The van der Waals surface area contributed by atoms with Gasteiger partial charge in [0.2, 0.25) is 0 Å². The summed E-state index contributed by atoms with van der Waals surface area (Å²) in [5.74, 6) is 1.03. The molecule has 4 heteroatoms. The molecule has 12 heavy (non-hydrogen) atoms. The number of halogens is 2. The van der Waals surface area contributed by atoms with Crippen molar-refractivity contribution in [2.24, 2.45) is 0 Å². The average Bonchev–Trinajstić information content (AvgIpc) is 2.06. The summed E-state index contributed by atoms with van der Waals surface area (Å²) in [4.78, 5) is 0. The first-order valence-corrected chi connectivity index (χ1v) is 12.6. The van der Waals surface area contributed by atoms with Gasteiger partial charge in [0.05, 0.1) is 0 Å². The van der Waals surface area contributed by atoms with Crippen molar-refractivity contribution in [3.8, 4) is 5.75 Å². The molecular weight excluding hydrogens is 293 g/mol. The van der Waals surface area contributed by atoms with E-state index in [9.17, 15) is 0 Å². The fraction of sp³-hybridized carbons (Fsp3) is 0.250. The van der Waals surface area contributed by atoms with Crippen molar-refractivity contribution >= 4 is 26.0 Å². The third-order valence-corrected chi connectivity index (χ3v) is 5.14. The first kappa shape index (κ1) is 12.4. The summed E-state index contributed by atoms with van der Waals surface area (Å²) in [5, 5.41) is 1.21. The summed E-state index contributed by atoms with van der Waals surface area (Å²) < 4.78 is 5.21. The second kappa shape index (κ2) is 6.88. The monoisotopic (exact) mass is 300 g/mol. The Hall–Kier alpha value is 0.413. The molecule has 0 saturated carbocycles. The molecule has 0 saturated heterocycles. The van der Waals surface area contributed by atoms with Crippen LogP contribution in [0.4, 0.5) is 0 Å². The van der Waals surface area contributed by atoms with Gasteiger partial charge in [-0.15, -0.1) is 12.4 Å². The van der Waals surface area contributed by atoms with E-state index in [0.717, 1.165) is 5.75 Å². The molecule has 0 radical (unpaired) electrons. The average molecular weight is 303 g/mol. The Kier molecular flexibility index (Phi) is 7.12. The quantitative estimate of drug-likeness (QED) is 0.780. The molecule has 0 N–H and O–H groups in total. The summed E-state index contributed by atoms with van der Waals surface area (Å²) in [6.07, 6.45) is 0. The van der Waals surface area contributed by atoms with Crippen LogP contribution in [0.1, 0.15) is 5.56 Å². The van der Waals surface area contributed by atoms with Gasteiger partial charge >= 0.3 is 81.2 Å². The molecule has 0 aliphatic carbocycles. The fourth-order valence-corrected chi connectivity index (χ4v) is 4.52. The van der Waals surface area contributed by atoms with Crippen molar-refractivity contribution in [2.45, 2.75) is 5.02 Å². The van der Waals surface area contributed by atoms with Crippen molar-refractivity contribution in [3.05, 3.63) is 29.8 Å². The largest absolute Gasteiger partial charge is 0.147 e. The maximum absolute atomic E-state index is 5.21. The van der Waals surface area contributed by atoms with E-state index in [0.29, 0.717) is 0 Å². The van der Waals surface area contributed by atoms with Crippen LogP contribution in [-0.4, -0.2) is 7.11 Å². The van der Waals surface area contributed by atoms with Gasteiger partial charge in [-0.2, -0.15) is 0 Å². The van der Waals surface area contributed by atoms with Crippen LogP contribution in [0, 0.1) is 0 Å². The van der Waals surface area contributed by atoms with Crippen LogP contribution in [-0.2, 0) is 20.2 Å². The zero-order chi connectivity index (χ0) is 8.10. The molecule has 0 heterocycles. The van der Waals surface area contributed by atoms with Crippen LogP contribution in [0.25, 0.3) is 0 Å². The molecule has 0 aromatic heterocycles. The Morgan fingerprint density at radius 3 is 2.67 bits per heavy atom. The maximum atomic E-state index is 5.21. The van der Waals surface area contributed by atoms with Crippen molar-refractivity contribution in [3.63, 3.8) is 0 Å². The summed E-state index contributed by atoms with van der Waals surface area (Å²) >= 11 is 3.13. The first-order valence-electron chi connectivity index (χ1n) is 3.56. The molecule has 0 fully saturated rings. The molecule has 0 atom stereocenters. The first-order chi connectivity index (χ1) is 5.38. The number of methoxy groups -OCH3 is 1. The van der Waals surface area contributed by atoms with Gasteiger partial charge in [0.25, 0.3) is 0 Å². The second-order valence-electron chi connectivity index (χ2n) is 2.25. The van der Waals surface area contributed by atoms with E-state index in [2.05, 4.69) is 25.8 Å². The van der Waals surface area contributed by atoms with Gasteiger partial charge in [-0.1, -0.05) is 0 Å². The summed E-state index contributed by atoms with van der Waals surface area (Å²) in [7, 11) is 1.72. The van der Waals surface area contributed by atoms with Crippen LogP contribution in [0.2, 0.25) is 0 Å². The summed E-state index contributed by atoms with van der Waals surface area (Å²) in [6.45, 7) is 0. The van der Waals surface area contributed by atoms with E-state index in [1.165, 1.54) is 10.6 Å². The van der Waals surface area contributed by atoms with Gasteiger partial charge < -0.3 is 0 Å². The predicted molar refractivity (Wildman–Crippen MR) is 52.9 cm³/mol. The van der Waals surface area contributed by atoms with E-state index in [1.807, 2.05) is 12.1 Å². The van der Waals surface area contributed by atoms with Gasteiger partial charge in [-0.05, 0) is 0 Å². The van der Waals surface area contributed by atoms with Crippen LogP contribution < -0.4 is 4.74 Å². The molecule has 0 amide bonds. The number of hydrogen-bond acceptors (Lipinski definition) is 1. The second-order valence-corrected chi connectivity index (χ2v) is 8.21. The maximum Gasteiger partial charge on any atom is -0.147 e. The summed E-state index contributed by atoms with van der Waals surface area (Å²) in [6, 6.07) is 8.21.